The molecule has 0 unspecified atom stereocenters. The number of carbonyl (C=O) groups excluding carboxylic acids is 1. The molecule has 0 bridgehead atoms. The number of methoxy groups -OCH3 is 1. The average Bonchev–Trinajstić information content (AvgIpc) is 3.08. The highest BCUT2D eigenvalue weighted by Gasteiger charge is 2.30. The maximum Gasteiger partial charge on any atom is 0.261 e. The number of hydrogen-bond donors (Lipinski definition) is 0. The van der Waals surface area contributed by atoms with Crippen LogP contribution in [0, 0.1) is 6.92 Å². The fourth-order valence-electron chi connectivity index (χ4n) is 3.21. The molecule has 7 nitrogen and oxygen atoms in total. The number of rotatable bonds is 3. The molecule has 0 N–H and O–H groups in total. The molecule has 3 heterocycles. The fourth-order valence-corrected chi connectivity index (χ4v) is 3.21. The van der Waals surface area contributed by atoms with Crippen molar-refractivity contribution in [2.75, 3.05) is 18.6 Å². The number of nitrogens with zero attached hydrogens (tertiary/aromatic N) is 4. The number of hydrogen-bond acceptors (Lipinski definition) is 5. The molecule has 7 heteroatoms. The number of pyridine rings is 1. The summed E-state index contributed by atoms with van der Waals surface area (Å²) in [5.41, 5.74) is 1.97. The minimum absolute atomic E-state index is 0.110. The first-order valence-electron chi connectivity index (χ1n) is 8.71. The van der Waals surface area contributed by atoms with Gasteiger partial charge in [-0.15, -0.1) is 0 Å². The van der Waals surface area contributed by atoms with Crippen molar-refractivity contribution >= 4 is 11.6 Å². The normalized spacial score (nSPS) is 15.8. The Morgan fingerprint density at radius 1 is 1.30 bits per heavy atom. The van der Waals surface area contributed by atoms with Crippen molar-refractivity contribution in [1.29, 1.82) is 0 Å². The molecular weight excluding hydrogens is 344 g/mol. The van der Waals surface area contributed by atoms with Crippen LogP contribution < -0.4 is 14.4 Å². The largest absolute Gasteiger partial charge is 0.497 e. The molecule has 0 saturated heterocycles. The van der Waals surface area contributed by atoms with Gasteiger partial charge >= 0.3 is 0 Å². The summed E-state index contributed by atoms with van der Waals surface area (Å²) in [5, 5.41) is 4.36. The molecule has 4 rings (SSSR count). The molecule has 138 valence electrons. The highest BCUT2D eigenvalue weighted by Crippen LogP contribution is 2.37. The van der Waals surface area contributed by atoms with Crippen molar-refractivity contribution in [3.05, 3.63) is 60.0 Å². The van der Waals surface area contributed by atoms with Crippen molar-refractivity contribution in [2.24, 2.45) is 0 Å². The lowest BCUT2D eigenvalue weighted by Crippen LogP contribution is -2.42. The number of amides is 1. The molecule has 3 aromatic rings. The Kier molecular flexibility index (Phi) is 4.27. The first-order valence-corrected chi connectivity index (χ1v) is 8.71. The lowest BCUT2D eigenvalue weighted by atomic mass is 10.1. The second-order valence-corrected chi connectivity index (χ2v) is 6.42. The average molecular weight is 364 g/mol. The highest BCUT2D eigenvalue weighted by atomic mass is 16.5. The zero-order valence-corrected chi connectivity index (χ0v) is 15.4. The van der Waals surface area contributed by atoms with Gasteiger partial charge in [0.2, 0.25) is 0 Å². The van der Waals surface area contributed by atoms with Crippen LogP contribution in [-0.4, -0.2) is 40.4 Å². The minimum Gasteiger partial charge on any atom is -0.497 e. The Morgan fingerprint density at radius 3 is 2.89 bits per heavy atom. The van der Waals surface area contributed by atoms with Crippen molar-refractivity contribution in [3.63, 3.8) is 0 Å². The number of fused-ring (bicyclic) bond motifs is 1. The van der Waals surface area contributed by atoms with Crippen molar-refractivity contribution in [2.45, 2.75) is 20.0 Å². The third-order valence-electron chi connectivity index (χ3n) is 4.58. The molecule has 1 aromatic carbocycles. The van der Waals surface area contributed by atoms with Crippen molar-refractivity contribution in [1.82, 2.24) is 14.8 Å². The van der Waals surface area contributed by atoms with E-state index in [1.54, 1.807) is 29.1 Å². The van der Waals surface area contributed by atoms with Crippen molar-refractivity contribution in [3.8, 4) is 17.3 Å². The molecule has 0 spiro atoms. The Morgan fingerprint density at radius 2 is 2.15 bits per heavy atom. The molecule has 1 aliphatic rings. The van der Waals surface area contributed by atoms with Gasteiger partial charge in [-0.05, 0) is 38.1 Å². The molecular formula is C20H20N4O3. The standard InChI is InChI=1S/C20H20N4O3/c1-13-12-23(17-10-15(26-3)7-8-18(17)27-13)20(25)16-11-22-24(14(16)2)19-6-4-5-9-21-19/h4-11,13H,12H2,1-3H3/t13-/m0/s1. The van der Waals surface area contributed by atoms with Gasteiger partial charge in [-0.25, -0.2) is 9.67 Å². The Hall–Kier alpha value is -3.35. The number of benzene rings is 1. The van der Waals surface area contributed by atoms with Crippen LogP contribution in [-0.2, 0) is 0 Å². The molecule has 0 aliphatic carbocycles. The van der Waals surface area contributed by atoms with E-state index in [-0.39, 0.29) is 12.0 Å². The van der Waals surface area contributed by atoms with E-state index < -0.39 is 0 Å². The smallest absolute Gasteiger partial charge is 0.261 e. The lowest BCUT2D eigenvalue weighted by Gasteiger charge is -2.33. The van der Waals surface area contributed by atoms with Crippen LogP contribution in [0.5, 0.6) is 11.5 Å². The van der Waals surface area contributed by atoms with Gasteiger partial charge in [0.15, 0.2) is 5.82 Å². The molecule has 0 fully saturated rings. The van der Waals surface area contributed by atoms with Crippen LogP contribution in [0.25, 0.3) is 5.82 Å². The van der Waals surface area contributed by atoms with Gasteiger partial charge in [0, 0.05) is 12.3 Å². The second-order valence-electron chi connectivity index (χ2n) is 6.42. The van der Waals surface area contributed by atoms with Gasteiger partial charge in [0.05, 0.1) is 36.8 Å². The maximum atomic E-state index is 13.3. The van der Waals surface area contributed by atoms with Crippen LogP contribution in [0.15, 0.2) is 48.8 Å². The molecule has 0 saturated carbocycles. The molecule has 1 amide bonds. The Labute approximate surface area is 157 Å². The number of anilines is 1. The van der Waals surface area contributed by atoms with E-state index >= 15 is 0 Å². The predicted molar refractivity (Wildman–Crippen MR) is 101 cm³/mol. The molecule has 1 atom stereocenters. The Bertz CT molecular complexity index is 984. The van der Waals surface area contributed by atoms with Crippen LogP contribution >= 0.6 is 0 Å². The van der Waals surface area contributed by atoms with Crippen LogP contribution in [0.1, 0.15) is 23.0 Å². The quantitative estimate of drug-likeness (QED) is 0.715. The first-order chi connectivity index (χ1) is 13.1. The van der Waals surface area contributed by atoms with Gasteiger partial charge in [0.1, 0.15) is 17.6 Å². The monoisotopic (exact) mass is 364 g/mol. The molecule has 0 radical (unpaired) electrons. The summed E-state index contributed by atoms with van der Waals surface area (Å²) in [5.74, 6) is 1.88. The first kappa shape index (κ1) is 17.1. The van der Waals surface area contributed by atoms with E-state index in [1.807, 2.05) is 50.2 Å². The van der Waals surface area contributed by atoms with E-state index in [2.05, 4.69) is 10.1 Å². The Balaban J connectivity index is 1.73. The van der Waals surface area contributed by atoms with Crippen LogP contribution in [0.4, 0.5) is 5.69 Å². The van der Waals surface area contributed by atoms with E-state index in [4.69, 9.17) is 9.47 Å². The summed E-state index contributed by atoms with van der Waals surface area (Å²) in [6.07, 6.45) is 3.18. The number of aromatic nitrogens is 3. The SMILES string of the molecule is COc1ccc2c(c1)N(C(=O)c1cnn(-c3ccccn3)c1C)C[C@H](C)O2. The molecule has 1 aliphatic heterocycles. The maximum absolute atomic E-state index is 13.3. The summed E-state index contributed by atoms with van der Waals surface area (Å²) in [4.78, 5) is 19.4. The zero-order valence-electron chi connectivity index (χ0n) is 15.4. The third kappa shape index (κ3) is 3.01. The van der Waals surface area contributed by atoms with Gasteiger partial charge in [-0.1, -0.05) is 6.07 Å². The van der Waals surface area contributed by atoms with Gasteiger partial charge in [-0.3, -0.25) is 4.79 Å². The third-order valence-corrected chi connectivity index (χ3v) is 4.58. The van der Waals surface area contributed by atoms with Gasteiger partial charge in [-0.2, -0.15) is 5.10 Å². The topological polar surface area (TPSA) is 69.5 Å². The zero-order chi connectivity index (χ0) is 19.0. The number of carbonyl (C=O) groups is 1. The predicted octanol–water partition coefficient (Wildman–Crippen LogP) is 3.01. The van der Waals surface area contributed by atoms with Gasteiger partial charge in [0.25, 0.3) is 5.91 Å². The van der Waals surface area contributed by atoms with Gasteiger partial charge < -0.3 is 14.4 Å². The van der Waals surface area contributed by atoms with E-state index in [0.29, 0.717) is 35.1 Å². The second kappa shape index (κ2) is 6.75. The van der Waals surface area contributed by atoms with E-state index in [9.17, 15) is 4.79 Å². The summed E-state index contributed by atoms with van der Waals surface area (Å²) < 4.78 is 12.9. The minimum atomic E-state index is -0.126. The summed E-state index contributed by atoms with van der Waals surface area (Å²) in [6.45, 7) is 4.26. The van der Waals surface area contributed by atoms with E-state index in [1.165, 1.54) is 0 Å². The summed E-state index contributed by atoms with van der Waals surface area (Å²) >= 11 is 0. The van der Waals surface area contributed by atoms with Crippen LogP contribution in [0.3, 0.4) is 0 Å². The van der Waals surface area contributed by atoms with E-state index in [0.717, 1.165) is 5.69 Å². The molecule has 2 aromatic heterocycles. The molecule has 27 heavy (non-hydrogen) atoms. The van der Waals surface area contributed by atoms with Crippen molar-refractivity contribution < 1.29 is 14.3 Å². The van der Waals surface area contributed by atoms with Crippen LogP contribution in [0.2, 0.25) is 0 Å². The highest BCUT2D eigenvalue weighted by molar-refractivity contribution is 6.08. The lowest BCUT2D eigenvalue weighted by molar-refractivity contribution is 0.0960. The summed E-state index contributed by atoms with van der Waals surface area (Å²) in [6, 6.07) is 11.0. The number of ether oxygens (including phenoxy) is 2. The summed E-state index contributed by atoms with van der Waals surface area (Å²) in [7, 11) is 1.60. The fraction of sp³-hybridized carbons (Fsp3) is 0.250.